The van der Waals surface area contributed by atoms with Crippen LogP contribution in [0.4, 0.5) is 24.5 Å². The molecule has 7 heteroatoms. The van der Waals surface area contributed by atoms with Crippen LogP contribution in [-0.2, 0) is 6.18 Å². The molecule has 0 radical (unpaired) electrons. The number of nitrogens with zero attached hydrogens (tertiary/aromatic N) is 2. The van der Waals surface area contributed by atoms with Crippen LogP contribution in [0.5, 0.6) is 0 Å². The zero-order valence-electron chi connectivity index (χ0n) is 17.7. The SMILES string of the molecule is CCN(c1ccc(C#N)c(C(F)(F)F)c1)c1cc(/C(C(C)=N)=C(\C)NC)ccc1C. The van der Waals surface area contributed by atoms with Crippen molar-refractivity contribution in [2.75, 3.05) is 18.5 Å². The third-order valence-electron chi connectivity index (χ3n) is 4.97. The van der Waals surface area contributed by atoms with Crippen molar-refractivity contribution in [3.05, 3.63) is 64.3 Å². The highest BCUT2D eigenvalue weighted by atomic mass is 19.4. The van der Waals surface area contributed by atoms with Crippen molar-refractivity contribution in [2.24, 2.45) is 0 Å². The second kappa shape index (κ2) is 9.04. The molecule has 4 nitrogen and oxygen atoms in total. The second-order valence-electron chi connectivity index (χ2n) is 6.96. The van der Waals surface area contributed by atoms with Gasteiger partial charge in [0.2, 0.25) is 0 Å². The summed E-state index contributed by atoms with van der Waals surface area (Å²) in [4.78, 5) is 1.78. The van der Waals surface area contributed by atoms with Crippen molar-refractivity contribution in [1.82, 2.24) is 5.32 Å². The van der Waals surface area contributed by atoms with E-state index in [0.29, 0.717) is 17.9 Å². The number of alkyl halides is 3. The standard InChI is InChI=1S/C23H25F3N4/c1-6-30(19-10-9-18(13-27)20(12-19)23(24,25)26)21-11-17(8-7-14(21)2)22(15(3)28)16(4)29-5/h7-12,28-29H,6H2,1-5H3/b22-16+,28-15?. The molecule has 158 valence electrons. The molecule has 2 aromatic carbocycles. The van der Waals surface area contributed by atoms with Crippen LogP contribution in [0.2, 0.25) is 0 Å². The Morgan fingerprint density at radius 3 is 2.33 bits per heavy atom. The van der Waals surface area contributed by atoms with Gasteiger partial charge in [0.25, 0.3) is 0 Å². The van der Waals surface area contributed by atoms with E-state index in [1.54, 1.807) is 24.9 Å². The molecule has 0 aliphatic heterocycles. The summed E-state index contributed by atoms with van der Waals surface area (Å²) < 4.78 is 40.3. The van der Waals surface area contributed by atoms with E-state index in [1.807, 2.05) is 39.0 Å². The molecule has 2 rings (SSSR count). The van der Waals surface area contributed by atoms with Crippen LogP contribution in [0.15, 0.2) is 42.1 Å². The maximum atomic E-state index is 13.4. The Balaban J connectivity index is 2.68. The number of halogens is 3. The monoisotopic (exact) mass is 414 g/mol. The molecule has 0 amide bonds. The molecule has 0 aromatic heterocycles. The Morgan fingerprint density at radius 2 is 1.83 bits per heavy atom. The van der Waals surface area contributed by atoms with Crippen LogP contribution in [0.1, 0.15) is 43.0 Å². The Labute approximate surface area is 175 Å². The molecule has 2 N–H and O–H groups in total. The first-order valence-electron chi connectivity index (χ1n) is 9.49. The van der Waals surface area contributed by atoms with Crippen LogP contribution in [0, 0.1) is 23.7 Å². The van der Waals surface area contributed by atoms with Crippen molar-refractivity contribution >= 4 is 22.7 Å². The molecule has 2 aromatic rings. The lowest BCUT2D eigenvalue weighted by Gasteiger charge is -2.27. The molecule has 0 aliphatic rings. The molecule has 0 unspecified atom stereocenters. The number of allylic oxidation sites excluding steroid dienone is 2. The van der Waals surface area contributed by atoms with Crippen LogP contribution in [-0.4, -0.2) is 19.3 Å². The van der Waals surface area contributed by atoms with Gasteiger partial charge in [-0.3, -0.25) is 0 Å². The van der Waals surface area contributed by atoms with Gasteiger partial charge in [-0.05, 0) is 63.1 Å². The fourth-order valence-electron chi connectivity index (χ4n) is 3.42. The average molecular weight is 414 g/mol. The number of anilines is 2. The minimum atomic E-state index is -4.62. The average Bonchev–Trinajstić information content (AvgIpc) is 2.69. The second-order valence-corrected chi connectivity index (χ2v) is 6.96. The Hall–Kier alpha value is -3.27. The Morgan fingerprint density at radius 1 is 1.17 bits per heavy atom. The van der Waals surface area contributed by atoms with Gasteiger partial charge in [-0.2, -0.15) is 18.4 Å². The fraction of sp³-hybridized carbons (Fsp3) is 0.304. The summed E-state index contributed by atoms with van der Waals surface area (Å²) in [6.07, 6.45) is -4.62. The van der Waals surface area contributed by atoms with Crippen LogP contribution in [0.3, 0.4) is 0 Å². The summed E-state index contributed by atoms with van der Waals surface area (Å²) >= 11 is 0. The predicted molar refractivity (Wildman–Crippen MR) is 115 cm³/mol. The van der Waals surface area contributed by atoms with E-state index in [4.69, 9.17) is 10.7 Å². The lowest BCUT2D eigenvalue weighted by atomic mass is 9.97. The molecule has 0 heterocycles. The first-order chi connectivity index (χ1) is 14.0. The van der Waals surface area contributed by atoms with E-state index in [0.717, 1.165) is 34.2 Å². The minimum Gasteiger partial charge on any atom is -0.391 e. The lowest BCUT2D eigenvalue weighted by Crippen LogP contribution is -2.19. The van der Waals surface area contributed by atoms with Gasteiger partial charge in [0.15, 0.2) is 0 Å². The maximum Gasteiger partial charge on any atom is 0.417 e. The number of hydrogen-bond acceptors (Lipinski definition) is 4. The van der Waals surface area contributed by atoms with E-state index in [1.165, 1.54) is 12.1 Å². The summed E-state index contributed by atoms with van der Waals surface area (Å²) in [5.41, 5.74) is 3.41. The van der Waals surface area contributed by atoms with Gasteiger partial charge in [0.05, 0.1) is 17.2 Å². The van der Waals surface area contributed by atoms with Crippen LogP contribution >= 0.6 is 0 Å². The molecular weight excluding hydrogens is 389 g/mol. The quantitative estimate of drug-likeness (QED) is 0.567. The van der Waals surface area contributed by atoms with Gasteiger partial charge >= 0.3 is 6.18 Å². The summed E-state index contributed by atoms with van der Waals surface area (Å²) in [6.45, 7) is 7.75. The van der Waals surface area contributed by atoms with Crippen LogP contribution < -0.4 is 10.2 Å². The number of hydrogen-bond donors (Lipinski definition) is 2. The normalized spacial score (nSPS) is 12.1. The van der Waals surface area contributed by atoms with Crippen molar-refractivity contribution in [2.45, 2.75) is 33.9 Å². The van der Waals surface area contributed by atoms with Crippen molar-refractivity contribution in [1.29, 1.82) is 10.7 Å². The van der Waals surface area contributed by atoms with Crippen LogP contribution in [0.25, 0.3) is 5.57 Å². The number of nitriles is 1. The highest BCUT2D eigenvalue weighted by Crippen LogP contribution is 2.37. The smallest absolute Gasteiger partial charge is 0.391 e. The lowest BCUT2D eigenvalue weighted by molar-refractivity contribution is -0.137. The summed E-state index contributed by atoms with van der Waals surface area (Å²) in [6, 6.07) is 11.1. The molecule has 0 aliphatic carbocycles. The largest absolute Gasteiger partial charge is 0.417 e. The van der Waals surface area contributed by atoms with Gasteiger partial charge in [0.1, 0.15) is 0 Å². The van der Waals surface area contributed by atoms with E-state index in [-0.39, 0.29) is 0 Å². The van der Waals surface area contributed by atoms with Gasteiger partial charge in [-0.25, -0.2) is 0 Å². The number of benzene rings is 2. The Kier molecular flexibility index (Phi) is 6.93. The molecule has 0 saturated carbocycles. The molecule has 0 bridgehead atoms. The third-order valence-corrected chi connectivity index (χ3v) is 4.97. The van der Waals surface area contributed by atoms with Gasteiger partial charge in [-0.15, -0.1) is 0 Å². The predicted octanol–water partition coefficient (Wildman–Crippen LogP) is 6.03. The van der Waals surface area contributed by atoms with Crippen molar-refractivity contribution < 1.29 is 13.2 Å². The number of nitrogens with one attached hydrogen (secondary N) is 2. The third kappa shape index (κ3) is 4.65. The molecule has 0 saturated heterocycles. The first kappa shape index (κ1) is 23.0. The zero-order valence-corrected chi connectivity index (χ0v) is 17.7. The van der Waals surface area contributed by atoms with E-state index < -0.39 is 17.3 Å². The Bertz CT molecular complexity index is 1030. The maximum absolute atomic E-state index is 13.4. The topological polar surface area (TPSA) is 62.9 Å². The van der Waals surface area contributed by atoms with E-state index >= 15 is 0 Å². The van der Waals surface area contributed by atoms with E-state index in [2.05, 4.69) is 5.32 Å². The molecule has 0 spiro atoms. The summed E-state index contributed by atoms with van der Waals surface area (Å²) in [7, 11) is 1.78. The highest BCUT2D eigenvalue weighted by molar-refractivity contribution is 6.22. The molecule has 30 heavy (non-hydrogen) atoms. The van der Waals surface area contributed by atoms with Crippen molar-refractivity contribution in [3.63, 3.8) is 0 Å². The number of aryl methyl sites for hydroxylation is 1. The molecule has 0 fully saturated rings. The minimum absolute atomic E-state index is 0.353. The summed E-state index contributed by atoms with van der Waals surface area (Å²) in [5.74, 6) is 0. The molecular formula is C23H25F3N4. The zero-order chi connectivity index (χ0) is 22.6. The van der Waals surface area contributed by atoms with Gasteiger partial charge < -0.3 is 15.6 Å². The van der Waals surface area contributed by atoms with E-state index in [9.17, 15) is 13.2 Å². The van der Waals surface area contributed by atoms with Gasteiger partial charge in [-0.1, -0.05) is 12.1 Å². The summed E-state index contributed by atoms with van der Waals surface area (Å²) in [5, 5.41) is 20.3. The first-order valence-corrected chi connectivity index (χ1v) is 9.49. The fourth-order valence-corrected chi connectivity index (χ4v) is 3.42. The number of rotatable bonds is 6. The highest BCUT2D eigenvalue weighted by Gasteiger charge is 2.34. The molecule has 0 atom stereocenters. The van der Waals surface area contributed by atoms with Gasteiger partial charge in [0, 0.05) is 41.9 Å². The van der Waals surface area contributed by atoms with Crippen molar-refractivity contribution in [3.8, 4) is 6.07 Å².